The van der Waals surface area contributed by atoms with E-state index in [1.807, 2.05) is 0 Å². The van der Waals surface area contributed by atoms with Crippen molar-refractivity contribution in [3.8, 4) is 17.3 Å². The van der Waals surface area contributed by atoms with E-state index in [2.05, 4.69) is 21.4 Å². The molecule has 1 aliphatic heterocycles. The molecule has 2 aromatic rings. The molecule has 1 aliphatic rings. The zero-order valence-electron chi connectivity index (χ0n) is 12.9. The number of hydrogen-bond donors (Lipinski definition) is 1. The fourth-order valence-electron chi connectivity index (χ4n) is 2.65. The summed E-state index contributed by atoms with van der Waals surface area (Å²) in [7, 11) is 0. The highest BCUT2D eigenvalue weighted by Gasteiger charge is 2.22. The number of nitriles is 1. The molecule has 5 nitrogen and oxygen atoms in total. The molecule has 0 aromatic carbocycles. The van der Waals surface area contributed by atoms with Gasteiger partial charge in [0.15, 0.2) is 5.82 Å². The molecule has 3 heterocycles. The Labute approximate surface area is 138 Å². The average Bonchev–Trinajstić information content (AvgIpc) is 2.62. The topological polar surface area (TPSA) is 70.8 Å². The molecule has 0 saturated carbocycles. The van der Waals surface area contributed by atoms with E-state index < -0.39 is 11.8 Å². The van der Waals surface area contributed by atoms with Gasteiger partial charge in [0.2, 0.25) is 5.95 Å². The van der Waals surface area contributed by atoms with Gasteiger partial charge in [0.1, 0.15) is 5.82 Å². The minimum absolute atomic E-state index is 0.0127. The molecule has 1 N–H and O–H groups in total. The van der Waals surface area contributed by atoms with Crippen LogP contribution >= 0.6 is 0 Å². The van der Waals surface area contributed by atoms with Gasteiger partial charge >= 0.3 is 0 Å². The van der Waals surface area contributed by atoms with Crippen LogP contribution in [-0.2, 0) is 4.74 Å². The van der Waals surface area contributed by atoms with Crippen LogP contribution in [0.3, 0.4) is 0 Å². The van der Waals surface area contributed by atoms with Gasteiger partial charge in [-0.1, -0.05) is 6.07 Å². The van der Waals surface area contributed by atoms with E-state index in [0.717, 1.165) is 18.7 Å². The lowest BCUT2D eigenvalue weighted by atomic mass is 9.97. The van der Waals surface area contributed by atoms with Crippen molar-refractivity contribution in [3.05, 3.63) is 42.2 Å². The maximum atomic E-state index is 13.8. The van der Waals surface area contributed by atoms with Gasteiger partial charge in [-0.2, -0.15) is 9.65 Å². The predicted molar refractivity (Wildman–Crippen MR) is 84.0 cm³/mol. The minimum atomic E-state index is -0.760. The quantitative estimate of drug-likeness (QED) is 0.872. The van der Waals surface area contributed by atoms with Gasteiger partial charge in [0.25, 0.3) is 0 Å². The summed E-state index contributed by atoms with van der Waals surface area (Å²) in [5.74, 6) is -0.844. The monoisotopic (exact) mass is 330 g/mol. The first-order valence-electron chi connectivity index (χ1n) is 7.69. The van der Waals surface area contributed by atoms with E-state index in [1.165, 1.54) is 0 Å². The molecule has 2 aromatic heterocycles. The Morgan fingerprint density at radius 2 is 2.25 bits per heavy atom. The Kier molecular flexibility index (Phi) is 4.96. The summed E-state index contributed by atoms with van der Waals surface area (Å²) in [5.41, 5.74) is 0.378. The molecule has 2 unspecified atom stereocenters. The van der Waals surface area contributed by atoms with E-state index in [-0.39, 0.29) is 17.6 Å². The van der Waals surface area contributed by atoms with E-state index in [4.69, 9.17) is 10.00 Å². The molecule has 2 atom stereocenters. The highest BCUT2D eigenvalue weighted by Crippen LogP contribution is 2.23. The first-order valence-corrected chi connectivity index (χ1v) is 7.69. The van der Waals surface area contributed by atoms with Gasteiger partial charge in [-0.15, -0.1) is 0 Å². The Hall–Kier alpha value is -2.59. The number of rotatable bonds is 4. The van der Waals surface area contributed by atoms with E-state index in [1.54, 1.807) is 18.2 Å². The third kappa shape index (κ3) is 3.84. The number of ether oxygens (including phenoxy) is 1. The number of nitrogens with one attached hydrogen (secondary N) is 1. The number of halogens is 2. The van der Waals surface area contributed by atoms with Crippen LogP contribution in [0.2, 0.25) is 0 Å². The van der Waals surface area contributed by atoms with Crippen LogP contribution in [-0.4, -0.2) is 29.2 Å². The first-order chi connectivity index (χ1) is 11.7. The van der Waals surface area contributed by atoms with Crippen LogP contribution in [0, 0.1) is 29.0 Å². The smallest absolute Gasteiger partial charge is 0.213 e. The molecule has 0 radical (unpaired) electrons. The third-order valence-electron chi connectivity index (χ3n) is 3.91. The van der Waals surface area contributed by atoms with Crippen molar-refractivity contribution in [2.45, 2.75) is 18.9 Å². The summed E-state index contributed by atoms with van der Waals surface area (Å²) in [6.07, 6.45) is 2.20. The molecule has 0 amide bonds. The molecule has 124 valence electrons. The highest BCUT2D eigenvalue weighted by atomic mass is 19.1. The molecule has 0 bridgehead atoms. The Bertz CT molecular complexity index is 762. The predicted octanol–water partition coefficient (Wildman–Crippen LogP) is 3.15. The summed E-state index contributed by atoms with van der Waals surface area (Å²) in [4.78, 5) is 7.57. The summed E-state index contributed by atoms with van der Waals surface area (Å²) in [6.45, 7) is 1.07. The normalized spacial score (nSPS) is 20.4. The average molecular weight is 330 g/mol. The van der Waals surface area contributed by atoms with Crippen molar-refractivity contribution in [3.63, 3.8) is 0 Å². The van der Waals surface area contributed by atoms with Gasteiger partial charge in [0.05, 0.1) is 30.0 Å². The lowest BCUT2D eigenvalue weighted by Gasteiger charge is -2.26. The lowest BCUT2D eigenvalue weighted by Crippen LogP contribution is -2.31. The lowest BCUT2D eigenvalue weighted by molar-refractivity contribution is 0.0104. The van der Waals surface area contributed by atoms with Crippen molar-refractivity contribution >= 4 is 5.82 Å². The Morgan fingerprint density at radius 1 is 1.38 bits per heavy atom. The number of nitrogens with zero attached hydrogens (tertiary/aromatic N) is 3. The van der Waals surface area contributed by atoms with Crippen LogP contribution in [0.4, 0.5) is 14.6 Å². The van der Waals surface area contributed by atoms with Gasteiger partial charge in [-0.05, 0) is 25.0 Å². The largest absolute Gasteiger partial charge is 0.376 e. The molecule has 7 heteroatoms. The zero-order chi connectivity index (χ0) is 16.9. The van der Waals surface area contributed by atoms with Gasteiger partial charge in [-0.25, -0.2) is 14.4 Å². The molecule has 1 saturated heterocycles. The van der Waals surface area contributed by atoms with Gasteiger partial charge in [0, 0.05) is 24.8 Å². The molecule has 24 heavy (non-hydrogen) atoms. The van der Waals surface area contributed by atoms with Crippen LogP contribution < -0.4 is 5.32 Å². The molecular weight excluding hydrogens is 314 g/mol. The Balaban J connectivity index is 1.70. The zero-order valence-corrected chi connectivity index (χ0v) is 12.9. The molecular formula is C17H16F2N4O. The van der Waals surface area contributed by atoms with E-state index in [0.29, 0.717) is 31.1 Å². The maximum absolute atomic E-state index is 13.8. The van der Waals surface area contributed by atoms with E-state index in [9.17, 15) is 8.78 Å². The number of aromatic nitrogens is 2. The second-order valence-electron chi connectivity index (χ2n) is 5.62. The van der Waals surface area contributed by atoms with Crippen molar-refractivity contribution in [2.24, 2.45) is 5.92 Å². The Morgan fingerprint density at radius 3 is 3.08 bits per heavy atom. The second-order valence-corrected chi connectivity index (χ2v) is 5.62. The number of pyridine rings is 2. The summed E-state index contributed by atoms with van der Waals surface area (Å²) in [6, 6.07) is 8.34. The molecule has 3 rings (SSSR count). The van der Waals surface area contributed by atoms with Gasteiger partial charge in [-0.3, -0.25) is 0 Å². The highest BCUT2D eigenvalue weighted by molar-refractivity contribution is 5.61. The number of hydrogen-bond acceptors (Lipinski definition) is 5. The minimum Gasteiger partial charge on any atom is -0.376 e. The summed E-state index contributed by atoms with van der Waals surface area (Å²) in [5, 5.41) is 12.1. The fourth-order valence-corrected chi connectivity index (χ4v) is 2.65. The van der Waals surface area contributed by atoms with E-state index >= 15 is 0 Å². The van der Waals surface area contributed by atoms with Crippen molar-refractivity contribution in [2.75, 3.05) is 18.5 Å². The molecule has 0 aliphatic carbocycles. The van der Waals surface area contributed by atoms with Crippen molar-refractivity contribution in [1.82, 2.24) is 9.97 Å². The standard InChI is InChI=1S/C17H16F2N4O/c18-14-10-21-16(19)7-13(14)15-2-1-3-17(23-15)22-9-12-6-11(8-20)4-5-24-12/h1-3,7,10-12H,4-6,9H2,(H,22,23). The maximum Gasteiger partial charge on any atom is 0.213 e. The van der Waals surface area contributed by atoms with Crippen LogP contribution in [0.15, 0.2) is 30.5 Å². The molecule has 0 spiro atoms. The summed E-state index contributed by atoms with van der Waals surface area (Å²) < 4.78 is 32.7. The fraction of sp³-hybridized carbons (Fsp3) is 0.353. The second kappa shape index (κ2) is 7.32. The third-order valence-corrected chi connectivity index (χ3v) is 3.91. The van der Waals surface area contributed by atoms with Crippen LogP contribution in [0.25, 0.3) is 11.3 Å². The number of anilines is 1. The first kappa shape index (κ1) is 16.3. The van der Waals surface area contributed by atoms with Crippen molar-refractivity contribution < 1.29 is 13.5 Å². The molecule has 1 fully saturated rings. The van der Waals surface area contributed by atoms with Crippen molar-refractivity contribution in [1.29, 1.82) is 5.26 Å². The SMILES string of the molecule is N#CC1CCOC(CNc2cccc(-c3cc(F)ncc3F)n2)C1. The summed E-state index contributed by atoms with van der Waals surface area (Å²) >= 11 is 0. The van der Waals surface area contributed by atoms with Gasteiger partial charge < -0.3 is 10.1 Å². The van der Waals surface area contributed by atoms with Crippen LogP contribution in [0.5, 0.6) is 0 Å². The van der Waals surface area contributed by atoms with Crippen LogP contribution in [0.1, 0.15) is 12.8 Å².